The van der Waals surface area contributed by atoms with Crippen molar-refractivity contribution < 1.29 is 4.79 Å². The molecule has 4 nitrogen and oxygen atoms in total. The molecule has 0 aliphatic heterocycles. The molecule has 0 atom stereocenters. The molecule has 0 radical (unpaired) electrons. The summed E-state index contributed by atoms with van der Waals surface area (Å²) >= 11 is 15.1. The number of anilines is 1. The van der Waals surface area contributed by atoms with Crippen molar-refractivity contribution in [3.8, 4) is 0 Å². The van der Waals surface area contributed by atoms with E-state index in [1.165, 1.54) is 0 Å². The molecule has 0 saturated carbocycles. The molecule has 0 fully saturated rings. The van der Waals surface area contributed by atoms with Crippen LogP contribution in [-0.2, 0) is 0 Å². The van der Waals surface area contributed by atoms with Crippen LogP contribution in [-0.4, -0.2) is 16.0 Å². The summed E-state index contributed by atoms with van der Waals surface area (Å²) in [7, 11) is 0. The first-order valence-corrected chi connectivity index (χ1v) is 10.2. The Labute approximate surface area is 182 Å². The summed E-state index contributed by atoms with van der Waals surface area (Å²) in [6, 6.07) is 7.48. The molecule has 2 aromatic rings. The number of hydrogen-bond donors (Lipinski definition) is 2. The van der Waals surface area contributed by atoms with Crippen molar-refractivity contribution in [2.24, 2.45) is 0 Å². The van der Waals surface area contributed by atoms with Gasteiger partial charge in [-0.25, -0.2) is 4.98 Å². The van der Waals surface area contributed by atoms with Crippen molar-refractivity contribution in [1.29, 1.82) is 0 Å². The van der Waals surface area contributed by atoms with Crippen molar-refractivity contribution in [3.63, 3.8) is 0 Å². The standard InChI is InChI=1S/C13H7BrI3N3OS/c14-11-8(3-7(16)4-9(11)17)12(21)20-13(22)19-10-2-1-6(15)5-18-10/h1-5H,(H2,18,19,20,21,22). The van der Waals surface area contributed by atoms with Crippen LogP contribution in [0.1, 0.15) is 10.4 Å². The lowest BCUT2D eigenvalue weighted by Gasteiger charge is -2.11. The van der Waals surface area contributed by atoms with E-state index >= 15 is 0 Å². The average Bonchev–Trinajstić information content (AvgIpc) is 2.45. The van der Waals surface area contributed by atoms with Gasteiger partial charge in [0.05, 0.1) is 5.56 Å². The van der Waals surface area contributed by atoms with Crippen LogP contribution in [0.3, 0.4) is 0 Å². The van der Waals surface area contributed by atoms with Gasteiger partial charge in [-0.3, -0.25) is 10.1 Å². The molecule has 1 aromatic carbocycles. The first kappa shape index (κ1) is 18.7. The lowest BCUT2D eigenvalue weighted by molar-refractivity contribution is 0.0977. The molecule has 114 valence electrons. The van der Waals surface area contributed by atoms with Crippen molar-refractivity contribution in [1.82, 2.24) is 10.3 Å². The monoisotopic (exact) mass is 713 g/mol. The van der Waals surface area contributed by atoms with Crippen LogP contribution >= 0.6 is 95.9 Å². The van der Waals surface area contributed by atoms with Gasteiger partial charge < -0.3 is 5.32 Å². The summed E-state index contributed by atoms with van der Waals surface area (Å²) in [5.74, 6) is 0.313. The summed E-state index contributed by atoms with van der Waals surface area (Å²) < 4.78 is 3.72. The number of pyridine rings is 1. The Balaban J connectivity index is 2.08. The zero-order valence-electron chi connectivity index (χ0n) is 10.7. The molecule has 2 N–H and O–H groups in total. The molecule has 0 unspecified atom stereocenters. The minimum Gasteiger partial charge on any atom is -0.317 e. The fourth-order valence-electron chi connectivity index (χ4n) is 1.49. The number of amides is 1. The van der Waals surface area contributed by atoms with Gasteiger partial charge >= 0.3 is 0 Å². The Morgan fingerprint density at radius 1 is 1.18 bits per heavy atom. The van der Waals surface area contributed by atoms with Gasteiger partial charge in [0.25, 0.3) is 5.91 Å². The SMILES string of the molecule is O=C(NC(=S)Nc1ccc(I)cn1)c1cc(I)cc(I)c1Br. The second kappa shape index (κ2) is 8.48. The number of carbonyl (C=O) groups is 1. The van der Waals surface area contributed by atoms with E-state index in [0.717, 1.165) is 15.2 Å². The molecule has 1 aromatic heterocycles. The minimum atomic E-state index is -0.272. The zero-order chi connectivity index (χ0) is 16.3. The maximum Gasteiger partial charge on any atom is 0.258 e. The summed E-state index contributed by atoms with van der Waals surface area (Å²) in [5, 5.41) is 5.75. The zero-order valence-corrected chi connectivity index (χ0v) is 19.5. The smallest absolute Gasteiger partial charge is 0.258 e. The van der Waals surface area contributed by atoms with E-state index in [9.17, 15) is 4.79 Å². The number of carbonyl (C=O) groups excluding carboxylic acids is 1. The summed E-state index contributed by atoms with van der Waals surface area (Å²) in [6.07, 6.45) is 1.71. The third-order valence-corrected chi connectivity index (χ3v) is 6.35. The largest absolute Gasteiger partial charge is 0.317 e. The number of thiocarbonyl (C=S) groups is 1. The van der Waals surface area contributed by atoms with Crippen LogP contribution < -0.4 is 10.6 Å². The number of benzene rings is 1. The third kappa shape index (κ3) is 5.21. The normalized spacial score (nSPS) is 10.2. The van der Waals surface area contributed by atoms with Gasteiger partial charge in [0.2, 0.25) is 0 Å². The molecule has 0 aliphatic rings. The maximum atomic E-state index is 12.3. The predicted molar refractivity (Wildman–Crippen MR) is 120 cm³/mol. The van der Waals surface area contributed by atoms with Crippen molar-refractivity contribution in [2.75, 3.05) is 5.32 Å². The third-order valence-electron chi connectivity index (χ3n) is 2.43. The Bertz CT molecular complexity index is 740. The summed E-state index contributed by atoms with van der Waals surface area (Å²) in [5.41, 5.74) is 0.538. The van der Waals surface area contributed by atoms with Gasteiger partial charge in [-0.1, -0.05) is 0 Å². The van der Waals surface area contributed by atoms with Gasteiger partial charge in [-0.2, -0.15) is 0 Å². The average molecular weight is 714 g/mol. The Morgan fingerprint density at radius 3 is 2.55 bits per heavy atom. The van der Waals surface area contributed by atoms with Crippen LogP contribution in [0.2, 0.25) is 0 Å². The van der Waals surface area contributed by atoms with Crippen LogP contribution in [0.4, 0.5) is 5.82 Å². The van der Waals surface area contributed by atoms with Gasteiger partial charge in [0.15, 0.2) is 5.11 Å². The molecule has 2 rings (SSSR count). The van der Waals surface area contributed by atoms with E-state index in [1.54, 1.807) is 18.3 Å². The highest BCUT2D eigenvalue weighted by Crippen LogP contribution is 2.26. The molecule has 0 spiro atoms. The Kier molecular flexibility index (Phi) is 7.22. The molecule has 1 amide bonds. The Morgan fingerprint density at radius 2 is 1.91 bits per heavy atom. The van der Waals surface area contributed by atoms with Crippen molar-refractivity contribution >= 4 is 113 Å². The fourth-order valence-corrected chi connectivity index (χ4v) is 4.26. The number of nitrogens with one attached hydrogen (secondary N) is 2. The van der Waals surface area contributed by atoms with Crippen LogP contribution in [0, 0.1) is 10.7 Å². The number of hydrogen-bond acceptors (Lipinski definition) is 3. The van der Waals surface area contributed by atoms with Gasteiger partial charge in [-0.05, 0) is 120 Å². The first-order chi connectivity index (χ1) is 10.4. The van der Waals surface area contributed by atoms with Crippen LogP contribution in [0.15, 0.2) is 34.9 Å². The second-order valence-corrected chi connectivity index (χ2v) is 8.87. The quantitative estimate of drug-likeness (QED) is 0.268. The molecular formula is C13H7BrI3N3OS. The van der Waals surface area contributed by atoms with Gasteiger partial charge in [0.1, 0.15) is 5.82 Å². The highest BCUT2D eigenvalue weighted by Gasteiger charge is 2.15. The van der Waals surface area contributed by atoms with Crippen LogP contribution in [0.25, 0.3) is 0 Å². The van der Waals surface area contributed by atoms with E-state index < -0.39 is 0 Å². The number of rotatable bonds is 2. The lowest BCUT2D eigenvalue weighted by atomic mass is 10.2. The molecular weight excluding hydrogens is 707 g/mol. The van der Waals surface area contributed by atoms with Gasteiger partial charge in [-0.15, -0.1) is 0 Å². The van der Waals surface area contributed by atoms with E-state index in [0.29, 0.717) is 11.4 Å². The van der Waals surface area contributed by atoms with Gasteiger partial charge in [0, 0.05) is 21.4 Å². The molecule has 0 saturated heterocycles. The second-order valence-electron chi connectivity index (χ2n) is 4.02. The predicted octanol–water partition coefficient (Wildman–Crippen LogP) is 4.78. The topological polar surface area (TPSA) is 54.0 Å². The lowest BCUT2D eigenvalue weighted by Crippen LogP contribution is -2.34. The Hall–Kier alpha value is 0.400. The molecule has 0 aliphatic carbocycles. The highest BCUT2D eigenvalue weighted by atomic mass is 127. The molecule has 1 heterocycles. The number of aromatic nitrogens is 1. The summed E-state index contributed by atoms with van der Waals surface area (Å²) in [4.78, 5) is 16.5. The van der Waals surface area contributed by atoms with E-state index in [1.807, 2.05) is 12.1 Å². The number of nitrogens with zero attached hydrogens (tertiary/aromatic N) is 1. The maximum absolute atomic E-state index is 12.3. The fraction of sp³-hybridized carbons (Fsp3) is 0. The minimum absolute atomic E-state index is 0.208. The number of halogens is 4. The van der Waals surface area contributed by atoms with E-state index in [-0.39, 0.29) is 11.0 Å². The van der Waals surface area contributed by atoms with Crippen molar-refractivity contribution in [3.05, 3.63) is 51.2 Å². The molecule has 9 heteroatoms. The molecule has 0 bridgehead atoms. The molecule has 22 heavy (non-hydrogen) atoms. The van der Waals surface area contributed by atoms with Crippen molar-refractivity contribution in [2.45, 2.75) is 0 Å². The highest BCUT2D eigenvalue weighted by molar-refractivity contribution is 14.1. The van der Waals surface area contributed by atoms with E-state index in [2.05, 4.69) is 99.3 Å². The summed E-state index contributed by atoms with van der Waals surface area (Å²) in [6.45, 7) is 0. The van der Waals surface area contributed by atoms with E-state index in [4.69, 9.17) is 12.2 Å². The first-order valence-electron chi connectivity index (χ1n) is 5.75. The van der Waals surface area contributed by atoms with Crippen LogP contribution in [0.5, 0.6) is 0 Å².